The minimum Gasteiger partial charge on any atom is -0.504 e. The summed E-state index contributed by atoms with van der Waals surface area (Å²) in [5, 5.41) is 20.5. The average Bonchev–Trinajstić information content (AvgIpc) is 2.34. The number of benzene rings is 1. The number of amides is 1. The number of nitriles is 1. The Morgan fingerprint density at radius 1 is 1.59 bits per heavy atom. The lowest BCUT2D eigenvalue weighted by Gasteiger charge is -2.06. The zero-order valence-electron chi connectivity index (χ0n) is 9.56. The molecule has 0 bridgehead atoms. The van der Waals surface area contributed by atoms with Gasteiger partial charge in [-0.25, -0.2) is 0 Å². The third-order valence-corrected chi connectivity index (χ3v) is 2.19. The van der Waals surface area contributed by atoms with E-state index in [4.69, 9.17) is 10.00 Å². The first-order valence-corrected chi connectivity index (χ1v) is 5.21. The van der Waals surface area contributed by atoms with Crippen LogP contribution >= 0.6 is 0 Å². The number of phenolic OH excluding ortho intramolecular Hbond substituents is 1. The number of aromatic hydroxyl groups is 1. The Bertz CT molecular complexity index is 438. The van der Waals surface area contributed by atoms with Gasteiger partial charge in [-0.15, -0.1) is 0 Å². The van der Waals surface area contributed by atoms with E-state index in [-0.39, 0.29) is 11.7 Å². The lowest BCUT2D eigenvalue weighted by Crippen LogP contribution is -2.24. The quantitative estimate of drug-likeness (QED) is 0.755. The van der Waals surface area contributed by atoms with Gasteiger partial charge in [0, 0.05) is 18.5 Å². The lowest BCUT2D eigenvalue weighted by atomic mass is 10.2. The fourth-order valence-electron chi connectivity index (χ4n) is 1.30. The second-order valence-corrected chi connectivity index (χ2v) is 3.40. The van der Waals surface area contributed by atoms with Crippen LogP contribution in [0.4, 0.5) is 0 Å². The minimum absolute atomic E-state index is 0.0721. The van der Waals surface area contributed by atoms with Gasteiger partial charge >= 0.3 is 0 Å². The van der Waals surface area contributed by atoms with Crippen LogP contribution in [0.15, 0.2) is 18.2 Å². The van der Waals surface area contributed by atoms with E-state index in [1.54, 1.807) is 6.07 Å². The van der Waals surface area contributed by atoms with Crippen molar-refractivity contribution in [1.82, 2.24) is 5.32 Å². The molecule has 0 aromatic heterocycles. The molecule has 0 fully saturated rings. The van der Waals surface area contributed by atoms with Crippen LogP contribution in [0.25, 0.3) is 0 Å². The molecule has 5 nitrogen and oxygen atoms in total. The van der Waals surface area contributed by atoms with Gasteiger partial charge in [-0.1, -0.05) is 0 Å². The van der Waals surface area contributed by atoms with E-state index in [0.29, 0.717) is 30.7 Å². The summed E-state index contributed by atoms with van der Waals surface area (Å²) in [6, 6.07) is 6.44. The van der Waals surface area contributed by atoms with Crippen LogP contribution in [-0.4, -0.2) is 24.7 Å². The van der Waals surface area contributed by atoms with Crippen molar-refractivity contribution < 1.29 is 14.6 Å². The number of nitrogens with one attached hydrogen (secondary N) is 1. The van der Waals surface area contributed by atoms with E-state index in [1.807, 2.05) is 6.07 Å². The molecule has 0 spiro atoms. The van der Waals surface area contributed by atoms with Crippen molar-refractivity contribution in [2.45, 2.75) is 12.8 Å². The molecular weight excluding hydrogens is 220 g/mol. The van der Waals surface area contributed by atoms with Crippen LogP contribution in [0.3, 0.4) is 0 Å². The molecule has 0 atom stereocenters. The summed E-state index contributed by atoms with van der Waals surface area (Å²) in [5.41, 5.74) is 0.361. The third-order valence-electron chi connectivity index (χ3n) is 2.19. The van der Waals surface area contributed by atoms with Crippen LogP contribution in [0.2, 0.25) is 0 Å². The molecule has 0 aliphatic heterocycles. The summed E-state index contributed by atoms with van der Waals surface area (Å²) in [4.78, 5) is 11.6. The molecule has 0 radical (unpaired) electrons. The molecular formula is C12H14N2O3. The van der Waals surface area contributed by atoms with E-state index in [9.17, 15) is 9.90 Å². The zero-order valence-corrected chi connectivity index (χ0v) is 9.56. The van der Waals surface area contributed by atoms with Crippen LogP contribution in [0.5, 0.6) is 11.5 Å². The summed E-state index contributed by atoms with van der Waals surface area (Å²) < 4.78 is 4.88. The first kappa shape index (κ1) is 12.8. The van der Waals surface area contributed by atoms with Crippen LogP contribution in [-0.2, 0) is 0 Å². The highest BCUT2D eigenvalue weighted by Gasteiger charge is 2.08. The molecule has 0 aliphatic carbocycles. The molecule has 0 unspecified atom stereocenters. The van der Waals surface area contributed by atoms with Crippen molar-refractivity contribution in [1.29, 1.82) is 5.26 Å². The van der Waals surface area contributed by atoms with Gasteiger partial charge in [0.05, 0.1) is 13.2 Å². The second-order valence-electron chi connectivity index (χ2n) is 3.40. The number of phenols is 1. The average molecular weight is 234 g/mol. The molecule has 0 saturated carbocycles. The van der Waals surface area contributed by atoms with E-state index < -0.39 is 0 Å². The van der Waals surface area contributed by atoms with Gasteiger partial charge < -0.3 is 15.2 Å². The normalized spacial score (nSPS) is 9.41. The zero-order chi connectivity index (χ0) is 12.7. The Kier molecular flexibility index (Phi) is 4.82. The number of hydrogen-bond acceptors (Lipinski definition) is 4. The molecule has 0 saturated heterocycles. The maximum absolute atomic E-state index is 11.6. The highest BCUT2D eigenvalue weighted by Crippen LogP contribution is 2.25. The smallest absolute Gasteiger partial charge is 0.251 e. The van der Waals surface area contributed by atoms with Gasteiger partial charge in [0.15, 0.2) is 11.5 Å². The maximum atomic E-state index is 11.6. The molecule has 1 aromatic rings. The van der Waals surface area contributed by atoms with Crippen LogP contribution < -0.4 is 10.1 Å². The Morgan fingerprint density at radius 3 is 2.94 bits per heavy atom. The van der Waals surface area contributed by atoms with E-state index >= 15 is 0 Å². The number of ether oxygens (including phenoxy) is 1. The number of hydrogen-bond donors (Lipinski definition) is 2. The Balaban J connectivity index is 2.58. The monoisotopic (exact) mass is 234 g/mol. The molecule has 90 valence electrons. The predicted octanol–water partition coefficient (Wildman–Crippen LogP) is 1.43. The molecule has 5 heteroatoms. The van der Waals surface area contributed by atoms with Crippen molar-refractivity contribution in [3.8, 4) is 17.6 Å². The van der Waals surface area contributed by atoms with Crippen molar-refractivity contribution in [3.63, 3.8) is 0 Å². The number of rotatable bonds is 5. The molecule has 2 N–H and O–H groups in total. The number of nitrogens with zero attached hydrogens (tertiary/aromatic N) is 1. The Labute approximate surface area is 99.6 Å². The van der Waals surface area contributed by atoms with Crippen LogP contribution in [0, 0.1) is 11.3 Å². The Morgan fingerprint density at radius 2 is 2.35 bits per heavy atom. The fraction of sp³-hybridized carbons (Fsp3) is 0.333. The fourth-order valence-corrected chi connectivity index (χ4v) is 1.30. The Hall–Kier alpha value is -2.22. The standard InChI is InChI=1S/C12H14N2O3/c1-17-11-5-4-9(8-10(11)15)12(16)14-7-3-2-6-13/h4-5,8,15H,2-3,7H2,1H3,(H,14,16). The predicted molar refractivity (Wildman–Crippen MR) is 61.8 cm³/mol. The van der Waals surface area contributed by atoms with Crippen LogP contribution in [0.1, 0.15) is 23.2 Å². The summed E-state index contributed by atoms with van der Waals surface area (Å²) in [6.07, 6.45) is 1.03. The highest BCUT2D eigenvalue weighted by atomic mass is 16.5. The first-order valence-electron chi connectivity index (χ1n) is 5.21. The van der Waals surface area contributed by atoms with Gasteiger partial charge in [0.1, 0.15) is 0 Å². The van der Waals surface area contributed by atoms with Gasteiger partial charge in [0.2, 0.25) is 0 Å². The van der Waals surface area contributed by atoms with Crippen molar-refractivity contribution in [2.24, 2.45) is 0 Å². The SMILES string of the molecule is COc1ccc(C(=O)NCCCC#N)cc1O. The second kappa shape index (κ2) is 6.38. The van der Waals surface area contributed by atoms with Crippen molar-refractivity contribution in [3.05, 3.63) is 23.8 Å². The van der Waals surface area contributed by atoms with E-state index in [2.05, 4.69) is 5.32 Å². The molecule has 1 amide bonds. The van der Waals surface area contributed by atoms with Crippen molar-refractivity contribution in [2.75, 3.05) is 13.7 Å². The lowest BCUT2D eigenvalue weighted by molar-refractivity contribution is 0.0953. The van der Waals surface area contributed by atoms with E-state index in [0.717, 1.165) is 0 Å². The van der Waals surface area contributed by atoms with Gasteiger partial charge in [-0.2, -0.15) is 5.26 Å². The molecule has 0 heterocycles. The molecule has 0 aliphatic rings. The van der Waals surface area contributed by atoms with E-state index in [1.165, 1.54) is 19.2 Å². The maximum Gasteiger partial charge on any atom is 0.251 e. The topological polar surface area (TPSA) is 82.3 Å². The van der Waals surface area contributed by atoms with Gasteiger partial charge in [-0.3, -0.25) is 4.79 Å². The number of carbonyl (C=O) groups excluding carboxylic acids is 1. The summed E-state index contributed by atoms with van der Waals surface area (Å²) in [6.45, 7) is 0.444. The molecule has 17 heavy (non-hydrogen) atoms. The third kappa shape index (κ3) is 3.68. The minimum atomic E-state index is -0.277. The number of unbranched alkanes of at least 4 members (excludes halogenated alkanes) is 1. The molecule has 1 aromatic carbocycles. The van der Waals surface area contributed by atoms with Crippen molar-refractivity contribution >= 4 is 5.91 Å². The van der Waals surface area contributed by atoms with Gasteiger partial charge in [-0.05, 0) is 24.6 Å². The first-order chi connectivity index (χ1) is 8.19. The number of methoxy groups -OCH3 is 1. The molecule has 1 rings (SSSR count). The largest absolute Gasteiger partial charge is 0.504 e. The summed E-state index contributed by atoms with van der Waals surface area (Å²) in [5.74, 6) is -0.0240. The highest BCUT2D eigenvalue weighted by molar-refractivity contribution is 5.94. The van der Waals surface area contributed by atoms with Gasteiger partial charge in [0.25, 0.3) is 5.91 Å². The summed E-state index contributed by atoms with van der Waals surface area (Å²) in [7, 11) is 1.44. The summed E-state index contributed by atoms with van der Waals surface area (Å²) >= 11 is 0. The number of carbonyl (C=O) groups is 1.